The molecule has 29 heavy (non-hydrogen) atoms. The van der Waals surface area contributed by atoms with E-state index in [4.69, 9.17) is 10.5 Å². The first-order chi connectivity index (χ1) is 14.0. The Hall–Kier alpha value is -3.12. The summed E-state index contributed by atoms with van der Waals surface area (Å²) in [6.07, 6.45) is 5.88. The number of aliphatic imine (C=N–C) groups is 1. The topological polar surface area (TPSA) is 102 Å². The van der Waals surface area contributed by atoms with Gasteiger partial charge in [0.1, 0.15) is 11.5 Å². The Bertz CT molecular complexity index is 994. The van der Waals surface area contributed by atoms with Crippen molar-refractivity contribution in [3.63, 3.8) is 0 Å². The fourth-order valence-corrected chi connectivity index (χ4v) is 2.93. The molecule has 0 bridgehead atoms. The normalized spacial score (nSPS) is 14.5. The van der Waals surface area contributed by atoms with Gasteiger partial charge in [-0.3, -0.25) is 9.79 Å². The number of anilines is 1. The van der Waals surface area contributed by atoms with E-state index in [2.05, 4.69) is 32.1 Å². The van der Waals surface area contributed by atoms with Crippen molar-refractivity contribution in [2.75, 3.05) is 18.2 Å². The van der Waals surface area contributed by atoms with E-state index in [-0.39, 0.29) is 24.0 Å². The van der Waals surface area contributed by atoms with Crippen molar-refractivity contribution in [1.29, 1.82) is 0 Å². The minimum absolute atomic E-state index is 0.107. The predicted molar refractivity (Wildman–Crippen MR) is 111 cm³/mol. The van der Waals surface area contributed by atoms with E-state index in [0.717, 1.165) is 0 Å². The van der Waals surface area contributed by atoms with Crippen molar-refractivity contribution in [3.05, 3.63) is 47.7 Å². The molecule has 2 aromatic rings. The number of nitrogens with zero attached hydrogens (tertiary/aromatic N) is 3. The van der Waals surface area contributed by atoms with Gasteiger partial charge >= 0.3 is 0 Å². The van der Waals surface area contributed by atoms with Crippen molar-refractivity contribution in [2.45, 2.75) is 25.3 Å². The Morgan fingerprint density at radius 1 is 1.41 bits per heavy atom. The van der Waals surface area contributed by atoms with Crippen molar-refractivity contribution < 1.29 is 13.9 Å². The molecule has 150 valence electrons. The zero-order valence-corrected chi connectivity index (χ0v) is 16.8. The van der Waals surface area contributed by atoms with Crippen LogP contribution in [0.2, 0.25) is 0 Å². The lowest BCUT2D eigenvalue weighted by molar-refractivity contribution is 0.102. The highest BCUT2D eigenvalue weighted by molar-refractivity contribution is 8.13. The Labute approximate surface area is 172 Å². The first-order valence-electron chi connectivity index (χ1n) is 8.82. The van der Waals surface area contributed by atoms with Gasteiger partial charge in [-0.15, -0.1) is 5.92 Å². The van der Waals surface area contributed by atoms with Crippen molar-refractivity contribution >= 4 is 28.5 Å². The summed E-state index contributed by atoms with van der Waals surface area (Å²) < 4.78 is 19.7. The molecule has 0 saturated heterocycles. The van der Waals surface area contributed by atoms with Gasteiger partial charge in [0.2, 0.25) is 5.88 Å². The van der Waals surface area contributed by atoms with Gasteiger partial charge in [0, 0.05) is 11.3 Å². The number of thioether (sulfide) groups is 1. The molecule has 7 nitrogen and oxygen atoms in total. The average molecular weight is 413 g/mol. The standard InChI is InChI=1S/C20H20FN5O2S/c1-3-4-9-28-17-12-23-16(11-24-17)18(27)25-13-5-6-15(21)14(10-13)20(7-8-20)26-19(22)29-2/h5-6,10-12H,7-9H2,1-2H3,(H2,22,26)(H,25,27). The molecular formula is C20H20FN5O2S. The molecule has 1 aromatic carbocycles. The minimum atomic E-state index is -0.655. The first kappa shape index (κ1) is 20.6. The molecule has 0 aliphatic heterocycles. The number of aromatic nitrogens is 2. The van der Waals surface area contributed by atoms with E-state index < -0.39 is 11.4 Å². The van der Waals surface area contributed by atoms with Crippen LogP contribution in [0.15, 0.2) is 35.6 Å². The highest BCUT2D eigenvalue weighted by Gasteiger charge is 2.46. The zero-order valence-electron chi connectivity index (χ0n) is 16.0. The first-order valence-corrected chi connectivity index (χ1v) is 10.0. The molecule has 0 radical (unpaired) electrons. The van der Waals surface area contributed by atoms with Crippen LogP contribution in [0.5, 0.6) is 5.88 Å². The number of halogens is 1. The lowest BCUT2D eigenvalue weighted by Crippen LogP contribution is -2.17. The number of hydrogen-bond donors (Lipinski definition) is 2. The number of carbonyl (C=O) groups is 1. The molecule has 3 N–H and O–H groups in total. The van der Waals surface area contributed by atoms with Gasteiger partial charge in [-0.25, -0.2) is 14.4 Å². The lowest BCUT2D eigenvalue weighted by Gasteiger charge is -2.14. The van der Waals surface area contributed by atoms with Crippen LogP contribution in [0.1, 0.15) is 35.8 Å². The number of nitrogens with two attached hydrogens (primary N) is 1. The van der Waals surface area contributed by atoms with Crippen LogP contribution < -0.4 is 15.8 Å². The highest BCUT2D eigenvalue weighted by atomic mass is 32.2. The molecule has 1 heterocycles. The van der Waals surface area contributed by atoms with E-state index in [1.165, 1.54) is 36.3 Å². The van der Waals surface area contributed by atoms with Gasteiger partial charge in [0.25, 0.3) is 5.91 Å². The smallest absolute Gasteiger partial charge is 0.275 e. The molecule has 1 aliphatic carbocycles. The monoisotopic (exact) mass is 413 g/mol. The van der Waals surface area contributed by atoms with E-state index in [0.29, 0.717) is 29.3 Å². The summed E-state index contributed by atoms with van der Waals surface area (Å²) in [5, 5.41) is 3.11. The Balaban J connectivity index is 1.73. The summed E-state index contributed by atoms with van der Waals surface area (Å²) in [5.41, 5.74) is 6.13. The summed E-state index contributed by atoms with van der Waals surface area (Å²) in [6, 6.07) is 4.39. The fourth-order valence-electron chi connectivity index (χ4n) is 2.66. The number of nitrogens with one attached hydrogen (secondary N) is 1. The van der Waals surface area contributed by atoms with Crippen LogP contribution in [0.4, 0.5) is 10.1 Å². The van der Waals surface area contributed by atoms with Crippen molar-refractivity contribution in [3.8, 4) is 17.7 Å². The Kier molecular flexibility index (Phi) is 6.34. The van der Waals surface area contributed by atoms with Crippen molar-refractivity contribution in [1.82, 2.24) is 9.97 Å². The van der Waals surface area contributed by atoms with E-state index in [1.807, 2.05) is 6.26 Å². The van der Waals surface area contributed by atoms with Gasteiger partial charge in [-0.1, -0.05) is 17.7 Å². The Morgan fingerprint density at radius 3 is 2.83 bits per heavy atom. The maximum absolute atomic E-state index is 14.4. The molecule has 0 spiro atoms. The number of benzene rings is 1. The molecule has 1 fully saturated rings. The third-order valence-corrected chi connectivity index (χ3v) is 4.82. The zero-order chi connectivity index (χ0) is 20.9. The van der Waals surface area contributed by atoms with Crippen LogP contribution >= 0.6 is 11.8 Å². The maximum Gasteiger partial charge on any atom is 0.275 e. The van der Waals surface area contributed by atoms with Crippen LogP contribution in [-0.2, 0) is 5.54 Å². The molecule has 0 atom stereocenters. The second-order valence-electron chi connectivity index (χ2n) is 6.29. The van der Waals surface area contributed by atoms with Crippen LogP contribution in [0.3, 0.4) is 0 Å². The number of rotatable bonds is 6. The second kappa shape index (κ2) is 8.92. The fraction of sp³-hybridized carbons (Fsp3) is 0.300. The van der Waals surface area contributed by atoms with Gasteiger partial charge in [-0.05, 0) is 44.2 Å². The summed E-state index contributed by atoms with van der Waals surface area (Å²) in [5.74, 6) is 4.87. The van der Waals surface area contributed by atoms with Crippen LogP contribution in [0.25, 0.3) is 0 Å². The average Bonchev–Trinajstić information content (AvgIpc) is 3.50. The van der Waals surface area contributed by atoms with Crippen LogP contribution in [-0.4, -0.2) is 33.9 Å². The number of ether oxygens (including phenoxy) is 1. The van der Waals surface area contributed by atoms with Gasteiger partial charge in [0.15, 0.2) is 11.8 Å². The maximum atomic E-state index is 14.4. The van der Waals surface area contributed by atoms with E-state index in [1.54, 1.807) is 13.0 Å². The van der Waals surface area contributed by atoms with Gasteiger partial charge < -0.3 is 15.8 Å². The molecule has 1 aliphatic rings. The Morgan fingerprint density at radius 2 is 2.21 bits per heavy atom. The van der Waals surface area contributed by atoms with E-state index in [9.17, 15) is 9.18 Å². The number of carbonyl (C=O) groups excluding carboxylic acids is 1. The van der Waals surface area contributed by atoms with Crippen LogP contribution in [0, 0.1) is 17.7 Å². The summed E-state index contributed by atoms with van der Waals surface area (Å²) in [7, 11) is 0. The molecule has 9 heteroatoms. The van der Waals surface area contributed by atoms with E-state index >= 15 is 0 Å². The van der Waals surface area contributed by atoms with Gasteiger partial charge in [0.05, 0.1) is 17.9 Å². The molecule has 3 rings (SSSR count). The third-order valence-electron chi connectivity index (χ3n) is 4.31. The quantitative estimate of drug-likeness (QED) is 0.429. The summed E-state index contributed by atoms with van der Waals surface area (Å²) in [6.45, 7) is 1.90. The van der Waals surface area contributed by atoms with Crippen molar-refractivity contribution in [2.24, 2.45) is 10.7 Å². The molecule has 1 aromatic heterocycles. The second-order valence-corrected chi connectivity index (χ2v) is 7.12. The molecule has 1 saturated carbocycles. The highest BCUT2D eigenvalue weighted by Crippen LogP contribution is 2.51. The number of amidine groups is 1. The SMILES string of the molecule is CC#CCOc1cnc(C(=O)Nc2ccc(F)c(C3(N=C(N)SC)CC3)c2)cn1. The van der Waals surface area contributed by atoms with Gasteiger partial charge in [-0.2, -0.15) is 0 Å². The molecular weight excluding hydrogens is 393 g/mol. The lowest BCUT2D eigenvalue weighted by atomic mass is 10.0. The minimum Gasteiger partial charge on any atom is -0.463 e. The number of amides is 1. The molecule has 0 unspecified atom stereocenters. The predicted octanol–water partition coefficient (Wildman–Crippen LogP) is 2.94. The number of hydrogen-bond acceptors (Lipinski definition) is 6. The molecule has 1 amide bonds. The third kappa shape index (κ3) is 5.03. The summed E-state index contributed by atoms with van der Waals surface area (Å²) in [4.78, 5) is 25.0. The summed E-state index contributed by atoms with van der Waals surface area (Å²) >= 11 is 1.31. The largest absolute Gasteiger partial charge is 0.463 e.